The van der Waals surface area contributed by atoms with Gasteiger partial charge in [-0.1, -0.05) is 11.6 Å². The van der Waals surface area contributed by atoms with Crippen molar-refractivity contribution < 1.29 is 8.42 Å². The number of nitrogens with zero attached hydrogens (tertiary/aromatic N) is 1. The van der Waals surface area contributed by atoms with Crippen molar-refractivity contribution in [2.45, 2.75) is 24.7 Å². The third kappa shape index (κ3) is 3.96. The zero-order chi connectivity index (χ0) is 15.5. The summed E-state index contributed by atoms with van der Waals surface area (Å²) in [5.41, 5.74) is 6.89. The third-order valence-electron chi connectivity index (χ3n) is 3.05. The van der Waals surface area contributed by atoms with Gasteiger partial charge in [0.25, 0.3) is 0 Å². The van der Waals surface area contributed by atoms with Crippen molar-refractivity contribution in [1.29, 1.82) is 0 Å². The average molecular weight is 329 g/mol. The number of imidazole rings is 1. The standard InChI is InChI=1S/C13H17ClN4O2S/c1-9-7-10(14)12(8-11(9)15)21(19,20)18-4-2-3-13-16-5-6-17-13/h5-8,18H,2-4,15H2,1H3,(H,16,17). The van der Waals surface area contributed by atoms with Gasteiger partial charge in [-0.05, 0) is 31.0 Å². The van der Waals surface area contributed by atoms with Crippen molar-refractivity contribution in [3.05, 3.63) is 40.9 Å². The van der Waals surface area contributed by atoms with Gasteiger partial charge in [-0.15, -0.1) is 0 Å². The number of aromatic nitrogens is 2. The normalized spacial score (nSPS) is 11.7. The second-order valence-electron chi connectivity index (χ2n) is 4.68. The van der Waals surface area contributed by atoms with Gasteiger partial charge in [-0.2, -0.15) is 0 Å². The van der Waals surface area contributed by atoms with E-state index >= 15 is 0 Å². The Kier molecular flexibility index (Phi) is 4.87. The smallest absolute Gasteiger partial charge is 0.242 e. The lowest BCUT2D eigenvalue weighted by molar-refractivity contribution is 0.578. The lowest BCUT2D eigenvalue weighted by atomic mass is 10.2. The molecular formula is C13H17ClN4O2S. The molecule has 0 radical (unpaired) electrons. The molecule has 0 aliphatic heterocycles. The summed E-state index contributed by atoms with van der Waals surface area (Å²) in [7, 11) is -3.66. The summed E-state index contributed by atoms with van der Waals surface area (Å²) in [5.74, 6) is 0.826. The fourth-order valence-corrected chi connectivity index (χ4v) is 3.54. The number of hydrogen-bond donors (Lipinski definition) is 3. The highest BCUT2D eigenvalue weighted by atomic mass is 35.5. The molecule has 0 fully saturated rings. The zero-order valence-electron chi connectivity index (χ0n) is 11.6. The Morgan fingerprint density at radius 1 is 1.43 bits per heavy atom. The summed E-state index contributed by atoms with van der Waals surface area (Å²) < 4.78 is 26.9. The second-order valence-corrected chi connectivity index (χ2v) is 6.82. The van der Waals surface area contributed by atoms with Crippen LogP contribution in [-0.2, 0) is 16.4 Å². The van der Waals surface area contributed by atoms with E-state index in [9.17, 15) is 8.42 Å². The maximum atomic E-state index is 12.2. The van der Waals surface area contributed by atoms with E-state index in [-0.39, 0.29) is 9.92 Å². The first-order valence-electron chi connectivity index (χ1n) is 6.43. The number of nitrogens with two attached hydrogens (primary N) is 1. The molecule has 0 bridgehead atoms. The minimum atomic E-state index is -3.66. The Morgan fingerprint density at radius 3 is 2.86 bits per heavy atom. The minimum absolute atomic E-state index is 0.00488. The van der Waals surface area contributed by atoms with E-state index in [4.69, 9.17) is 17.3 Å². The molecule has 0 spiro atoms. The fourth-order valence-electron chi connectivity index (χ4n) is 1.85. The van der Waals surface area contributed by atoms with Gasteiger partial charge in [0, 0.05) is 31.0 Å². The van der Waals surface area contributed by atoms with Crippen molar-refractivity contribution in [1.82, 2.24) is 14.7 Å². The van der Waals surface area contributed by atoms with Gasteiger partial charge in [0.15, 0.2) is 0 Å². The van der Waals surface area contributed by atoms with E-state index in [1.165, 1.54) is 6.07 Å². The molecule has 0 atom stereocenters. The van der Waals surface area contributed by atoms with Crippen molar-refractivity contribution >= 4 is 27.3 Å². The van der Waals surface area contributed by atoms with Crippen LogP contribution in [0.1, 0.15) is 17.8 Å². The van der Waals surface area contributed by atoms with E-state index in [2.05, 4.69) is 14.7 Å². The van der Waals surface area contributed by atoms with Crippen LogP contribution in [0.4, 0.5) is 5.69 Å². The molecule has 114 valence electrons. The number of hydrogen-bond acceptors (Lipinski definition) is 4. The Labute approximate surface area is 128 Å². The number of H-pyrrole nitrogens is 1. The zero-order valence-corrected chi connectivity index (χ0v) is 13.1. The molecule has 6 nitrogen and oxygen atoms in total. The summed E-state index contributed by atoms with van der Waals surface area (Å²) in [5, 5.41) is 0.167. The van der Waals surface area contributed by atoms with Crippen LogP contribution >= 0.6 is 11.6 Å². The monoisotopic (exact) mass is 328 g/mol. The van der Waals surface area contributed by atoms with Crippen LogP contribution in [-0.4, -0.2) is 24.9 Å². The van der Waals surface area contributed by atoms with Crippen LogP contribution < -0.4 is 10.5 Å². The number of nitrogens with one attached hydrogen (secondary N) is 2. The fraction of sp³-hybridized carbons (Fsp3) is 0.308. The predicted molar refractivity (Wildman–Crippen MR) is 82.7 cm³/mol. The molecule has 4 N–H and O–H groups in total. The van der Waals surface area contributed by atoms with Gasteiger partial charge < -0.3 is 10.7 Å². The van der Waals surface area contributed by atoms with Crippen molar-refractivity contribution in [3.8, 4) is 0 Å². The molecule has 8 heteroatoms. The lowest BCUT2D eigenvalue weighted by Gasteiger charge is -2.10. The molecule has 1 aromatic heterocycles. The van der Waals surface area contributed by atoms with Gasteiger partial charge in [0.2, 0.25) is 10.0 Å². The molecule has 0 aliphatic carbocycles. The largest absolute Gasteiger partial charge is 0.398 e. The molecule has 21 heavy (non-hydrogen) atoms. The summed E-state index contributed by atoms with van der Waals surface area (Å²) in [4.78, 5) is 7.04. The highest BCUT2D eigenvalue weighted by Gasteiger charge is 2.18. The molecule has 2 rings (SSSR count). The SMILES string of the molecule is Cc1cc(Cl)c(S(=O)(=O)NCCCc2ncc[nH]2)cc1N. The third-order valence-corrected chi connectivity index (χ3v) is 4.97. The Bertz CT molecular complexity index is 714. The van der Waals surface area contributed by atoms with Crippen LogP contribution in [0.15, 0.2) is 29.4 Å². The molecule has 0 saturated carbocycles. The Balaban J connectivity index is 2.00. The highest BCUT2D eigenvalue weighted by molar-refractivity contribution is 7.89. The van der Waals surface area contributed by atoms with Gasteiger partial charge in [-0.3, -0.25) is 0 Å². The number of aryl methyl sites for hydroxylation is 2. The molecule has 0 unspecified atom stereocenters. The molecule has 1 heterocycles. The highest BCUT2D eigenvalue weighted by Crippen LogP contribution is 2.26. The maximum absolute atomic E-state index is 12.2. The number of sulfonamides is 1. The van der Waals surface area contributed by atoms with Gasteiger partial charge in [0.05, 0.1) is 5.02 Å². The number of benzene rings is 1. The van der Waals surface area contributed by atoms with E-state index in [1.54, 1.807) is 25.4 Å². The van der Waals surface area contributed by atoms with Crippen LogP contribution in [0.3, 0.4) is 0 Å². The van der Waals surface area contributed by atoms with Crippen molar-refractivity contribution in [2.24, 2.45) is 0 Å². The summed E-state index contributed by atoms with van der Waals surface area (Å²) in [6, 6.07) is 2.93. The average Bonchev–Trinajstić information content (AvgIpc) is 2.92. The number of anilines is 1. The molecule has 1 aromatic carbocycles. The van der Waals surface area contributed by atoms with E-state index in [0.29, 0.717) is 25.1 Å². The molecule has 0 amide bonds. The van der Waals surface area contributed by atoms with Crippen molar-refractivity contribution in [2.75, 3.05) is 12.3 Å². The van der Waals surface area contributed by atoms with Gasteiger partial charge in [0.1, 0.15) is 10.7 Å². The number of halogens is 1. The topological polar surface area (TPSA) is 101 Å². The summed E-state index contributed by atoms with van der Waals surface area (Å²) in [6.45, 7) is 2.07. The maximum Gasteiger partial charge on any atom is 0.242 e. The quantitative estimate of drug-likeness (QED) is 0.556. The molecule has 0 aliphatic rings. The molecule has 0 saturated heterocycles. The van der Waals surface area contributed by atoms with E-state index in [0.717, 1.165) is 11.4 Å². The van der Waals surface area contributed by atoms with Gasteiger partial charge >= 0.3 is 0 Å². The van der Waals surface area contributed by atoms with Crippen LogP contribution in [0.2, 0.25) is 5.02 Å². The Hall–Kier alpha value is -1.57. The second kappa shape index (κ2) is 6.46. The Morgan fingerprint density at radius 2 is 2.19 bits per heavy atom. The van der Waals surface area contributed by atoms with E-state index < -0.39 is 10.0 Å². The first kappa shape index (κ1) is 15.8. The minimum Gasteiger partial charge on any atom is -0.398 e. The predicted octanol–water partition coefficient (Wildman–Crippen LogP) is 1.86. The van der Waals surface area contributed by atoms with Crippen LogP contribution in [0, 0.1) is 6.92 Å². The first-order chi connectivity index (χ1) is 9.90. The summed E-state index contributed by atoms with van der Waals surface area (Å²) in [6.07, 6.45) is 4.69. The van der Waals surface area contributed by atoms with E-state index in [1.807, 2.05) is 0 Å². The van der Waals surface area contributed by atoms with Crippen LogP contribution in [0.25, 0.3) is 0 Å². The number of nitrogen functional groups attached to an aromatic ring is 1. The molecular weight excluding hydrogens is 312 g/mol. The van der Waals surface area contributed by atoms with Gasteiger partial charge in [-0.25, -0.2) is 18.1 Å². The number of aromatic amines is 1. The summed E-state index contributed by atoms with van der Waals surface area (Å²) >= 11 is 5.99. The number of rotatable bonds is 6. The molecule has 2 aromatic rings. The van der Waals surface area contributed by atoms with Crippen molar-refractivity contribution in [3.63, 3.8) is 0 Å². The lowest BCUT2D eigenvalue weighted by Crippen LogP contribution is -2.25. The first-order valence-corrected chi connectivity index (χ1v) is 8.30. The van der Waals surface area contributed by atoms with Crippen LogP contribution in [0.5, 0.6) is 0 Å².